The van der Waals surface area contributed by atoms with E-state index in [0.717, 1.165) is 69.9 Å². The van der Waals surface area contributed by atoms with E-state index < -0.39 is 0 Å². The van der Waals surface area contributed by atoms with Crippen molar-refractivity contribution in [2.75, 3.05) is 52.4 Å². The predicted molar refractivity (Wildman–Crippen MR) is 128 cm³/mol. The number of carbonyl (C=O) groups excluding carboxylic acids is 1. The van der Waals surface area contributed by atoms with Crippen molar-refractivity contribution in [3.63, 3.8) is 0 Å². The Balaban J connectivity index is 1.45. The van der Waals surface area contributed by atoms with E-state index in [1.165, 1.54) is 45.2 Å². The molecule has 1 atom stereocenters. The van der Waals surface area contributed by atoms with Crippen LogP contribution in [-0.4, -0.2) is 79.1 Å². The summed E-state index contributed by atoms with van der Waals surface area (Å²) in [5, 5.41) is 0. The zero-order valence-electron chi connectivity index (χ0n) is 19.9. The van der Waals surface area contributed by atoms with Gasteiger partial charge in [-0.3, -0.25) is 4.79 Å². The first kappa shape index (κ1) is 24.1. The molecular weight excluding hydrogens is 386 g/mol. The Bertz CT molecular complexity index is 643. The van der Waals surface area contributed by atoms with Crippen LogP contribution in [0.15, 0.2) is 24.3 Å². The van der Waals surface area contributed by atoms with Gasteiger partial charge in [0.15, 0.2) is 0 Å². The average Bonchev–Trinajstić information content (AvgIpc) is 3.28. The van der Waals surface area contributed by atoms with E-state index in [1.54, 1.807) is 0 Å². The molecule has 1 aromatic carbocycles. The number of carbonyl (C=O) groups is 1. The molecule has 2 aliphatic heterocycles. The number of hydrogen-bond donors (Lipinski definition) is 0. The Morgan fingerprint density at radius 1 is 1.03 bits per heavy atom. The molecule has 0 bridgehead atoms. The van der Waals surface area contributed by atoms with Crippen molar-refractivity contribution in [1.29, 1.82) is 0 Å². The largest absolute Gasteiger partial charge is 0.494 e. The van der Waals surface area contributed by atoms with E-state index in [4.69, 9.17) is 4.74 Å². The van der Waals surface area contributed by atoms with Gasteiger partial charge in [-0.15, -0.1) is 0 Å². The van der Waals surface area contributed by atoms with Crippen LogP contribution in [0, 0.1) is 0 Å². The Hall–Kier alpha value is -1.59. The third-order valence-corrected chi connectivity index (χ3v) is 6.82. The van der Waals surface area contributed by atoms with E-state index in [0.29, 0.717) is 6.04 Å². The van der Waals surface area contributed by atoms with Gasteiger partial charge in [-0.2, -0.15) is 0 Å². The maximum Gasteiger partial charge on any atom is 0.254 e. The van der Waals surface area contributed by atoms with Gasteiger partial charge in [0.25, 0.3) is 5.91 Å². The lowest BCUT2D eigenvalue weighted by Crippen LogP contribution is -2.43. The summed E-state index contributed by atoms with van der Waals surface area (Å²) in [5.41, 5.74) is 0.782. The lowest BCUT2D eigenvalue weighted by Gasteiger charge is -2.30. The lowest BCUT2D eigenvalue weighted by atomic mass is 10.1. The highest BCUT2D eigenvalue weighted by molar-refractivity contribution is 5.94. The summed E-state index contributed by atoms with van der Waals surface area (Å²) in [6, 6.07) is 8.13. The molecule has 0 N–H and O–H groups in total. The van der Waals surface area contributed by atoms with Crippen molar-refractivity contribution in [3.05, 3.63) is 29.8 Å². The first-order valence-electron chi connectivity index (χ1n) is 12.7. The minimum absolute atomic E-state index is 0.172. The Kier molecular flexibility index (Phi) is 10.1. The van der Waals surface area contributed by atoms with Crippen LogP contribution in [-0.2, 0) is 0 Å². The van der Waals surface area contributed by atoms with Crippen molar-refractivity contribution >= 4 is 5.91 Å². The van der Waals surface area contributed by atoms with Crippen molar-refractivity contribution in [3.8, 4) is 5.75 Å². The predicted octanol–water partition coefficient (Wildman–Crippen LogP) is 4.67. The molecule has 0 saturated carbocycles. The fraction of sp³-hybridized carbons (Fsp3) is 0.731. The quantitative estimate of drug-likeness (QED) is 0.453. The minimum atomic E-state index is 0.172. The average molecular weight is 430 g/mol. The second-order valence-corrected chi connectivity index (χ2v) is 9.17. The van der Waals surface area contributed by atoms with Crippen LogP contribution in [0.3, 0.4) is 0 Å². The molecule has 0 unspecified atom stereocenters. The van der Waals surface area contributed by atoms with Crippen molar-refractivity contribution in [1.82, 2.24) is 14.7 Å². The number of nitrogens with zero attached hydrogens (tertiary/aromatic N) is 3. The monoisotopic (exact) mass is 429 g/mol. The van der Waals surface area contributed by atoms with Crippen LogP contribution in [0.2, 0.25) is 0 Å². The topological polar surface area (TPSA) is 36.0 Å². The molecule has 5 nitrogen and oxygen atoms in total. The molecule has 2 heterocycles. The second kappa shape index (κ2) is 13.1. The lowest BCUT2D eigenvalue weighted by molar-refractivity contribution is 0.0701. The number of benzene rings is 1. The SMILES string of the molecule is CCCCN(CC)C[C@@H]1CCCN1C(=O)c1ccc(OCCCN2CCCCC2)cc1. The highest BCUT2D eigenvalue weighted by Crippen LogP contribution is 2.22. The minimum Gasteiger partial charge on any atom is -0.494 e. The summed E-state index contributed by atoms with van der Waals surface area (Å²) in [5.74, 6) is 1.04. The van der Waals surface area contributed by atoms with Crippen LogP contribution in [0.1, 0.15) is 75.6 Å². The van der Waals surface area contributed by atoms with Crippen LogP contribution in [0.4, 0.5) is 0 Å². The number of ether oxygens (including phenoxy) is 1. The first-order chi connectivity index (χ1) is 15.2. The molecule has 0 spiro atoms. The zero-order chi connectivity index (χ0) is 21.9. The summed E-state index contributed by atoms with van der Waals surface area (Å²) >= 11 is 0. The van der Waals surface area contributed by atoms with Crippen LogP contribution < -0.4 is 4.74 Å². The van der Waals surface area contributed by atoms with E-state index in [-0.39, 0.29) is 5.91 Å². The Labute approximate surface area is 189 Å². The smallest absolute Gasteiger partial charge is 0.254 e. The van der Waals surface area contributed by atoms with Gasteiger partial charge in [0.1, 0.15) is 5.75 Å². The molecule has 1 aromatic rings. The zero-order valence-corrected chi connectivity index (χ0v) is 19.9. The number of unbranched alkanes of at least 4 members (excludes halogenated alkanes) is 1. The van der Waals surface area contributed by atoms with Gasteiger partial charge in [0, 0.05) is 31.2 Å². The van der Waals surface area contributed by atoms with Gasteiger partial charge >= 0.3 is 0 Å². The molecule has 2 saturated heterocycles. The molecule has 0 aromatic heterocycles. The Morgan fingerprint density at radius 3 is 2.52 bits per heavy atom. The summed E-state index contributed by atoms with van der Waals surface area (Å²) in [6.45, 7) is 12.9. The Morgan fingerprint density at radius 2 is 1.81 bits per heavy atom. The van der Waals surface area contributed by atoms with Gasteiger partial charge in [-0.1, -0.05) is 26.7 Å². The molecule has 2 fully saturated rings. The molecule has 1 amide bonds. The van der Waals surface area contributed by atoms with Crippen LogP contribution in [0.25, 0.3) is 0 Å². The molecule has 0 radical (unpaired) electrons. The van der Waals surface area contributed by atoms with E-state index >= 15 is 0 Å². The first-order valence-corrected chi connectivity index (χ1v) is 12.7. The second-order valence-electron chi connectivity index (χ2n) is 9.17. The van der Waals surface area contributed by atoms with Crippen molar-refractivity contribution in [2.45, 2.75) is 71.3 Å². The molecule has 0 aliphatic carbocycles. The maximum absolute atomic E-state index is 13.1. The maximum atomic E-state index is 13.1. The third kappa shape index (κ3) is 7.50. The normalized spacial score (nSPS) is 19.8. The standard InChI is InChI=1S/C26H43N3O2/c1-3-5-16-27(4-2)22-24-11-9-20-29(24)26(30)23-12-14-25(15-13-23)31-21-10-19-28-17-7-6-8-18-28/h12-15,24H,3-11,16-22H2,1-2H3/t24-/m0/s1. The van der Waals surface area contributed by atoms with Gasteiger partial charge in [-0.05, 0) is 89.0 Å². The number of likely N-dealkylation sites (N-methyl/N-ethyl adjacent to an activating group) is 1. The highest BCUT2D eigenvalue weighted by Gasteiger charge is 2.30. The van der Waals surface area contributed by atoms with E-state index in [1.807, 2.05) is 24.3 Å². The van der Waals surface area contributed by atoms with Gasteiger partial charge in [-0.25, -0.2) is 0 Å². The van der Waals surface area contributed by atoms with Crippen molar-refractivity contribution < 1.29 is 9.53 Å². The number of amides is 1. The molecule has 31 heavy (non-hydrogen) atoms. The molecular formula is C26H43N3O2. The highest BCUT2D eigenvalue weighted by atomic mass is 16.5. The van der Waals surface area contributed by atoms with Gasteiger partial charge in [0.05, 0.1) is 6.61 Å². The van der Waals surface area contributed by atoms with Crippen LogP contribution in [0.5, 0.6) is 5.75 Å². The number of rotatable bonds is 12. The molecule has 174 valence electrons. The van der Waals surface area contributed by atoms with E-state index in [2.05, 4.69) is 28.5 Å². The van der Waals surface area contributed by atoms with Gasteiger partial charge in [0.2, 0.25) is 0 Å². The third-order valence-electron chi connectivity index (χ3n) is 6.82. The number of hydrogen-bond acceptors (Lipinski definition) is 4. The molecule has 3 rings (SSSR count). The summed E-state index contributed by atoms with van der Waals surface area (Å²) in [4.78, 5) is 20.3. The fourth-order valence-corrected chi connectivity index (χ4v) is 4.87. The van der Waals surface area contributed by atoms with Crippen molar-refractivity contribution in [2.24, 2.45) is 0 Å². The van der Waals surface area contributed by atoms with E-state index in [9.17, 15) is 4.79 Å². The number of likely N-dealkylation sites (tertiary alicyclic amines) is 2. The molecule has 2 aliphatic rings. The summed E-state index contributed by atoms with van der Waals surface area (Å²) in [7, 11) is 0. The van der Waals surface area contributed by atoms with Crippen LogP contribution >= 0.6 is 0 Å². The number of piperidine rings is 1. The summed E-state index contributed by atoms with van der Waals surface area (Å²) in [6.07, 6.45) is 9.79. The summed E-state index contributed by atoms with van der Waals surface area (Å²) < 4.78 is 5.92. The van der Waals surface area contributed by atoms with Gasteiger partial charge < -0.3 is 19.4 Å². The fourth-order valence-electron chi connectivity index (χ4n) is 4.87. The molecule has 5 heteroatoms.